The normalized spacial score (nSPS) is 13.4. The van der Waals surface area contributed by atoms with E-state index < -0.39 is 0 Å². The van der Waals surface area contributed by atoms with Gasteiger partial charge in [-0.15, -0.1) is 23.3 Å². The summed E-state index contributed by atoms with van der Waals surface area (Å²) in [7, 11) is 0. The summed E-state index contributed by atoms with van der Waals surface area (Å²) in [5.74, 6) is 0.429. The molecule has 1 aromatic heterocycles. The maximum atomic E-state index is 10.0. The molecule has 4 heteroatoms. The Hall–Kier alpha value is -4.11. The molecule has 1 heterocycles. The summed E-state index contributed by atoms with van der Waals surface area (Å²) < 4.78 is 0. The quantitative estimate of drug-likeness (QED) is 0.110. The Kier molecular flexibility index (Phi) is 10.2. The number of rotatable bonds is 5. The maximum absolute atomic E-state index is 10.0. The van der Waals surface area contributed by atoms with Gasteiger partial charge in [0.05, 0.1) is 5.76 Å². The van der Waals surface area contributed by atoms with Crippen LogP contribution in [0.4, 0.5) is 0 Å². The number of fused-ring (bicyclic) bond motifs is 2. The Balaban J connectivity index is 0.000000497. The first-order valence-corrected chi connectivity index (χ1v) is 14.8. The van der Waals surface area contributed by atoms with Gasteiger partial charge in [0.15, 0.2) is 5.78 Å². The molecule has 1 aliphatic carbocycles. The van der Waals surface area contributed by atoms with Gasteiger partial charge in [-0.05, 0) is 70.0 Å². The van der Waals surface area contributed by atoms with Crippen LogP contribution in [0.15, 0.2) is 109 Å². The van der Waals surface area contributed by atoms with E-state index >= 15 is 0 Å². The fourth-order valence-electron chi connectivity index (χ4n) is 5.81. The molecule has 225 valence electrons. The second kappa shape index (κ2) is 13.7. The summed E-state index contributed by atoms with van der Waals surface area (Å²) in [6.45, 7) is 12.0. The second-order valence-electron chi connectivity index (χ2n) is 12.0. The molecule has 44 heavy (non-hydrogen) atoms. The molecule has 3 nitrogen and oxygen atoms in total. The molecule has 1 N–H and O–H groups in total. The second-order valence-corrected chi connectivity index (χ2v) is 12.0. The molecule has 0 bridgehead atoms. The Bertz CT molecular complexity index is 1850. The van der Waals surface area contributed by atoms with Crippen LogP contribution in [0, 0.1) is 6.07 Å². The molecular weight excluding hydrogens is 719 g/mol. The van der Waals surface area contributed by atoms with Crippen LogP contribution < -0.4 is 0 Å². The third-order valence-electron chi connectivity index (χ3n) is 7.99. The molecule has 0 spiro atoms. The number of hydrogen-bond acceptors (Lipinski definition) is 3. The van der Waals surface area contributed by atoms with Crippen LogP contribution in [0.2, 0.25) is 0 Å². The van der Waals surface area contributed by atoms with Gasteiger partial charge in [0.2, 0.25) is 0 Å². The number of carbonyl (C=O) groups excluding carboxylic acids is 1. The Morgan fingerprint density at radius 2 is 1.52 bits per heavy atom. The summed E-state index contributed by atoms with van der Waals surface area (Å²) in [6.07, 6.45) is 5.47. The van der Waals surface area contributed by atoms with E-state index in [2.05, 4.69) is 131 Å². The Morgan fingerprint density at radius 3 is 2.09 bits per heavy atom. The number of aromatic nitrogens is 1. The average molecular weight is 757 g/mol. The van der Waals surface area contributed by atoms with Gasteiger partial charge in [0.25, 0.3) is 0 Å². The van der Waals surface area contributed by atoms with Crippen LogP contribution in [0.5, 0.6) is 0 Å². The summed E-state index contributed by atoms with van der Waals surface area (Å²) in [6, 6.07) is 36.5. The van der Waals surface area contributed by atoms with Crippen LogP contribution >= 0.6 is 0 Å². The Labute approximate surface area is 274 Å². The van der Waals surface area contributed by atoms with Crippen molar-refractivity contribution in [1.82, 2.24) is 4.98 Å². The van der Waals surface area contributed by atoms with Crippen molar-refractivity contribution in [3.8, 4) is 22.4 Å². The molecule has 5 aromatic rings. The van der Waals surface area contributed by atoms with Gasteiger partial charge in [-0.3, -0.25) is 4.79 Å². The van der Waals surface area contributed by atoms with Gasteiger partial charge in [-0.2, -0.15) is 0 Å². The number of aliphatic hydroxyl groups is 1. The number of benzene rings is 4. The van der Waals surface area contributed by atoms with Crippen molar-refractivity contribution < 1.29 is 30.0 Å². The first-order chi connectivity index (χ1) is 20.6. The van der Waals surface area contributed by atoms with Crippen molar-refractivity contribution >= 4 is 28.2 Å². The molecule has 0 saturated heterocycles. The largest absolute Gasteiger partial charge is 0.512 e. The van der Waals surface area contributed by atoms with E-state index in [0.29, 0.717) is 5.92 Å². The standard InChI is InChI=1S/C35H30N.C5H8O2.Ir/c1-23(2)26-15-16-29-27(19-26)17-18-36-34(29)28-20-30(24-11-7-5-8-12-24)31-22-32(25-13-9-6-10-14-25)35(3,4)33(31)21-28;1-4(6)3-5(2)7;/h5-20,22-23H,1-4H3;3,6H,1-2H3;/q-1;;/b;4-3-;. The fraction of sp³-hybridized carbons (Fsp3) is 0.200. The van der Waals surface area contributed by atoms with E-state index in [4.69, 9.17) is 10.1 Å². The van der Waals surface area contributed by atoms with E-state index in [9.17, 15) is 4.79 Å². The van der Waals surface area contributed by atoms with E-state index in [0.717, 1.165) is 11.3 Å². The smallest absolute Gasteiger partial charge is 0.155 e. The van der Waals surface area contributed by atoms with Crippen molar-refractivity contribution in [3.05, 3.63) is 137 Å². The predicted molar refractivity (Wildman–Crippen MR) is 180 cm³/mol. The van der Waals surface area contributed by atoms with Gasteiger partial charge in [0, 0.05) is 32.4 Å². The van der Waals surface area contributed by atoms with E-state index in [-0.39, 0.29) is 37.1 Å². The van der Waals surface area contributed by atoms with E-state index in [1.165, 1.54) is 69.6 Å². The molecular formula is C40H38IrNO2-. The molecule has 6 rings (SSSR count). The van der Waals surface area contributed by atoms with Crippen molar-refractivity contribution in [2.45, 2.75) is 52.9 Å². The van der Waals surface area contributed by atoms with Crippen molar-refractivity contribution in [2.24, 2.45) is 0 Å². The first kappa shape index (κ1) is 32.8. The zero-order valence-electron chi connectivity index (χ0n) is 26.1. The van der Waals surface area contributed by atoms with Crippen molar-refractivity contribution in [2.75, 3.05) is 0 Å². The number of nitrogens with zero attached hydrogens (tertiary/aromatic N) is 1. The first-order valence-electron chi connectivity index (χ1n) is 14.8. The number of aliphatic hydroxyl groups excluding tert-OH is 1. The molecule has 1 radical (unpaired) electrons. The van der Waals surface area contributed by atoms with Crippen molar-refractivity contribution in [3.63, 3.8) is 0 Å². The number of ketones is 1. The monoisotopic (exact) mass is 757 g/mol. The average Bonchev–Trinajstić information content (AvgIpc) is 3.26. The summed E-state index contributed by atoms with van der Waals surface area (Å²) >= 11 is 0. The minimum atomic E-state index is -0.175. The zero-order chi connectivity index (χ0) is 30.7. The molecule has 0 unspecified atom stereocenters. The zero-order valence-corrected chi connectivity index (χ0v) is 28.5. The van der Waals surface area contributed by atoms with Crippen molar-refractivity contribution in [1.29, 1.82) is 0 Å². The molecule has 0 aliphatic heterocycles. The van der Waals surface area contributed by atoms with Gasteiger partial charge in [0.1, 0.15) is 0 Å². The van der Waals surface area contributed by atoms with Crippen LogP contribution in [-0.4, -0.2) is 15.9 Å². The SMILES string of the molecule is CC(=O)/C=C(/C)O.CC(C)c1ccc2c(-c3[c-]c4c(c(-c5ccccc5)c3)C=C(c3ccccc3)C4(C)C)nccc2c1.[Ir]. The van der Waals surface area contributed by atoms with Gasteiger partial charge in [-0.1, -0.05) is 124 Å². The van der Waals surface area contributed by atoms with Gasteiger partial charge >= 0.3 is 0 Å². The van der Waals surface area contributed by atoms with Crippen LogP contribution in [0.25, 0.3) is 44.8 Å². The summed E-state index contributed by atoms with van der Waals surface area (Å²) in [4.78, 5) is 14.9. The topological polar surface area (TPSA) is 50.2 Å². The number of hydrogen-bond donors (Lipinski definition) is 1. The van der Waals surface area contributed by atoms with Crippen LogP contribution in [-0.2, 0) is 30.3 Å². The predicted octanol–water partition coefficient (Wildman–Crippen LogP) is 10.4. The summed E-state index contributed by atoms with van der Waals surface area (Å²) in [5, 5.41) is 10.8. The minimum Gasteiger partial charge on any atom is -0.512 e. The Morgan fingerprint density at radius 1 is 0.886 bits per heavy atom. The molecule has 4 aromatic carbocycles. The van der Waals surface area contributed by atoms with E-state index in [1.54, 1.807) is 0 Å². The molecule has 0 amide bonds. The van der Waals surface area contributed by atoms with Gasteiger partial charge in [-0.25, -0.2) is 0 Å². The third kappa shape index (κ3) is 6.83. The number of pyridine rings is 1. The summed E-state index contributed by atoms with van der Waals surface area (Å²) in [5.41, 5.74) is 10.7. The molecule has 0 atom stereocenters. The molecule has 0 fully saturated rings. The van der Waals surface area contributed by atoms with Crippen LogP contribution in [0.1, 0.15) is 69.7 Å². The van der Waals surface area contributed by atoms with Gasteiger partial charge < -0.3 is 10.1 Å². The maximum Gasteiger partial charge on any atom is 0.155 e. The number of carbonyl (C=O) groups is 1. The third-order valence-corrected chi connectivity index (χ3v) is 7.99. The van der Waals surface area contributed by atoms with Crippen LogP contribution in [0.3, 0.4) is 0 Å². The minimum absolute atomic E-state index is 0. The number of allylic oxidation sites excluding steroid dienone is 3. The van der Waals surface area contributed by atoms with E-state index in [1.807, 2.05) is 6.20 Å². The molecule has 0 saturated carbocycles. The molecule has 1 aliphatic rings. The fourth-order valence-corrected chi connectivity index (χ4v) is 5.81.